The Kier molecular flexibility index (Phi) is 7.06. The van der Waals surface area contributed by atoms with Crippen LogP contribution in [0.4, 0.5) is 4.79 Å². The van der Waals surface area contributed by atoms with Crippen LogP contribution in [0.5, 0.6) is 0 Å². The second kappa shape index (κ2) is 8.37. The minimum absolute atomic E-state index is 0.0840. The van der Waals surface area contributed by atoms with Crippen molar-refractivity contribution in [2.24, 2.45) is 0 Å². The Morgan fingerprint density at radius 3 is 2.71 bits per heavy atom. The molecule has 1 fully saturated rings. The van der Waals surface area contributed by atoms with Gasteiger partial charge < -0.3 is 9.64 Å². The normalized spacial score (nSPS) is 20.4. The Balaban J connectivity index is 2.37. The van der Waals surface area contributed by atoms with Crippen molar-refractivity contribution in [2.45, 2.75) is 71.3 Å². The second-order valence-corrected chi connectivity index (χ2v) is 4.95. The molecule has 0 unspecified atom stereocenters. The topological polar surface area (TPSA) is 29.5 Å². The second-order valence-electron chi connectivity index (χ2n) is 4.95. The number of unbranched alkanes of at least 4 members (excludes halogenated alkanes) is 2. The van der Waals surface area contributed by atoms with Gasteiger partial charge in [-0.15, -0.1) is 0 Å². The van der Waals surface area contributed by atoms with Crippen molar-refractivity contribution >= 4 is 6.09 Å². The highest BCUT2D eigenvalue weighted by atomic mass is 16.6. The lowest BCUT2D eigenvalue weighted by Crippen LogP contribution is -2.44. The largest absolute Gasteiger partial charge is 0.449 e. The number of carbonyl (C=O) groups is 1. The van der Waals surface area contributed by atoms with E-state index in [2.05, 4.69) is 13.8 Å². The van der Waals surface area contributed by atoms with Gasteiger partial charge in [0, 0.05) is 12.6 Å². The maximum atomic E-state index is 12.0. The molecule has 0 aromatic rings. The standard InChI is InChI=1S/C14H27NO2/c1-3-5-9-13-10-7-8-11-15(13)14(16)17-12-6-4-2/h13H,3-12H2,1-2H3/t13-/m0/s1. The first-order valence-electron chi connectivity index (χ1n) is 7.23. The zero-order valence-corrected chi connectivity index (χ0v) is 11.4. The predicted molar refractivity (Wildman–Crippen MR) is 70.1 cm³/mol. The number of piperidine rings is 1. The van der Waals surface area contributed by atoms with E-state index in [4.69, 9.17) is 4.74 Å². The van der Waals surface area contributed by atoms with Crippen LogP contribution in [-0.4, -0.2) is 30.2 Å². The van der Waals surface area contributed by atoms with Gasteiger partial charge in [-0.25, -0.2) is 4.79 Å². The van der Waals surface area contributed by atoms with Crippen LogP contribution in [0.2, 0.25) is 0 Å². The molecule has 3 heteroatoms. The molecule has 17 heavy (non-hydrogen) atoms. The van der Waals surface area contributed by atoms with E-state index in [9.17, 15) is 4.79 Å². The lowest BCUT2D eigenvalue weighted by atomic mass is 9.98. The SMILES string of the molecule is CCCCOC(=O)N1CCCC[C@@H]1CCCC. The maximum absolute atomic E-state index is 12.0. The molecule has 1 atom stereocenters. The molecule has 1 saturated heterocycles. The maximum Gasteiger partial charge on any atom is 0.410 e. The molecule has 100 valence electrons. The van der Waals surface area contributed by atoms with Gasteiger partial charge in [0.05, 0.1) is 6.61 Å². The number of likely N-dealkylation sites (tertiary alicyclic amines) is 1. The van der Waals surface area contributed by atoms with Crippen LogP contribution < -0.4 is 0 Å². The Bertz CT molecular complexity index is 218. The van der Waals surface area contributed by atoms with E-state index in [-0.39, 0.29) is 6.09 Å². The molecule has 0 N–H and O–H groups in total. The molecule has 1 amide bonds. The first kappa shape index (κ1) is 14.3. The molecule has 0 saturated carbocycles. The average molecular weight is 241 g/mol. The summed E-state index contributed by atoms with van der Waals surface area (Å²) in [7, 11) is 0. The van der Waals surface area contributed by atoms with Gasteiger partial charge >= 0.3 is 6.09 Å². The number of ether oxygens (including phenoxy) is 1. The van der Waals surface area contributed by atoms with E-state index in [0.29, 0.717) is 12.6 Å². The van der Waals surface area contributed by atoms with Gasteiger partial charge in [-0.2, -0.15) is 0 Å². The fraction of sp³-hybridized carbons (Fsp3) is 0.929. The van der Waals surface area contributed by atoms with Gasteiger partial charge in [0.2, 0.25) is 0 Å². The third-order valence-corrected chi connectivity index (χ3v) is 3.48. The smallest absolute Gasteiger partial charge is 0.410 e. The minimum Gasteiger partial charge on any atom is -0.449 e. The highest BCUT2D eigenvalue weighted by molar-refractivity contribution is 5.68. The molecular formula is C14H27NO2. The molecule has 1 aliphatic heterocycles. The fourth-order valence-electron chi connectivity index (χ4n) is 2.37. The number of hydrogen-bond acceptors (Lipinski definition) is 2. The summed E-state index contributed by atoms with van der Waals surface area (Å²) >= 11 is 0. The molecule has 1 heterocycles. The first-order chi connectivity index (χ1) is 8.29. The van der Waals surface area contributed by atoms with Gasteiger partial charge in [-0.3, -0.25) is 0 Å². The van der Waals surface area contributed by atoms with Crippen molar-refractivity contribution in [1.29, 1.82) is 0 Å². The van der Waals surface area contributed by atoms with Crippen molar-refractivity contribution in [2.75, 3.05) is 13.2 Å². The Morgan fingerprint density at radius 2 is 2.00 bits per heavy atom. The average Bonchev–Trinajstić information content (AvgIpc) is 2.37. The van der Waals surface area contributed by atoms with Crippen LogP contribution in [0, 0.1) is 0 Å². The molecular weight excluding hydrogens is 214 g/mol. The zero-order chi connectivity index (χ0) is 12.5. The summed E-state index contributed by atoms with van der Waals surface area (Å²) in [4.78, 5) is 13.9. The monoisotopic (exact) mass is 241 g/mol. The van der Waals surface area contributed by atoms with Crippen molar-refractivity contribution < 1.29 is 9.53 Å². The lowest BCUT2D eigenvalue weighted by Gasteiger charge is -2.35. The number of hydrogen-bond donors (Lipinski definition) is 0. The van der Waals surface area contributed by atoms with Crippen LogP contribution >= 0.6 is 0 Å². The zero-order valence-electron chi connectivity index (χ0n) is 11.4. The highest BCUT2D eigenvalue weighted by Crippen LogP contribution is 2.22. The number of amides is 1. The van der Waals surface area contributed by atoms with Crippen LogP contribution in [0.25, 0.3) is 0 Å². The van der Waals surface area contributed by atoms with Gasteiger partial charge in [0.1, 0.15) is 0 Å². The Hall–Kier alpha value is -0.730. The third kappa shape index (κ3) is 4.97. The quantitative estimate of drug-likeness (QED) is 0.659. The highest BCUT2D eigenvalue weighted by Gasteiger charge is 2.26. The number of rotatable bonds is 6. The van der Waals surface area contributed by atoms with E-state index in [1.165, 1.54) is 19.3 Å². The molecule has 0 spiro atoms. The summed E-state index contributed by atoms with van der Waals surface area (Å²) in [5.74, 6) is 0. The lowest BCUT2D eigenvalue weighted by molar-refractivity contribution is 0.0695. The Labute approximate surface area is 106 Å². The minimum atomic E-state index is -0.0840. The van der Waals surface area contributed by atoms with E-state index in [1.54, 1.807) is 0 Å². The van der Waals surface area contributed by atoms with Crippen LogP contribution in [0.15, 0.2) is 0 Å². The molecule has 1 rings (SSSR count). The fourth-order valence-corrected chi connectivity index (χ4v) is 2.37. The third-order valence-electron chi connectivity index (χ3n) is 3.48. The van der Waals surface area contributed by atoms with Crippen LogP contribution in [-0.2, 0) is 4.74 Å². The van der Waals surface area contributed by atoms with Gasteiger partial charge in [0.15, 0.2) is 0 Å². The molecule has 3 nitrogen and oxygen atoms in total. The summed E-state index contributed by atoms with van der Waals surface area (Å²) in [6, 6.07) is 0.429. The summed E-state index contributed by atoms with van der Waals surface area (Å²) in [6.45, 7) is 5.77. The van der Waals surface area contributed by atoms with Gasteiger partial charge in [-0.05, 0) is 32.1 Å². The first-order valence-corrected chi connectivity index (χ1v) is 7.23. The molecule has 0 aliphatic carbocycles. The van der Waals surface area contributed by atoms with Gasteiger partial charge in [-0.1, -0.05) is 33.1 Å². The van der Waals surface area contributed by atoms with Crippen molar-refractivity contribution in [3.05, 3.63) is 0 Å². The summed E-state index contributed by atoms with van der Waals surface area (Å²) in [5.41, 5.74) is 0. The predicted octanol–water partition coefficient (Wildman–Crippen LogP) is 3.97. The summed E-state index contributed by atoms with van der Waals surface area (Å²) < 4.78 is 5.32. The molecule has 0 bridgehead atoms. The van der Waals surface area contributed by atoms with Gasteiger partial charge in [0.25, 0.3) is 0 Å². The summed E-state index contributed by atoms with van der Waals surface area (Å²) in [5, 5.41) is 0. The van der Waals surface area contributed by atoms with E-state index in [0.717, 1.165) is 38.6 Å². The van der Waals surface area contributed by atoms with E-state index in [1.807, 2.05) is 4.90 Å². The van der Waals surface area contributed by atoms with Crippen molar-refractivity contribution in [3.8, 4) is 0 Å². The van der Waals surface area contributed by atoms with E-state index >= 15 is 0 Å². The van der Waals surface area contributed by atoms with E-state index < -0.39 is 0 Å². The van der Waals surface area contributed by atoms with Crippen molar-refractivity contribution in [1.82, 2.24) is 4.90 Å². The Morgan fingerprint density at radius 1 is 1.24 bits per heavy atom. The molecule has 0 radical (unpaired) electrons. The van der Waals surface area contributed by atoms with Crippen molar-refractivity contribution in [3.63, 3.8) is 0 Å². The van der Waals surface area contributed by atoms with Crippen LogP contribution in [0.1, 0.15) is 65.2 Å². The molecule has 0 aromatic carbocycles. The van der Waals surface area contributed by atoms with Crippen LogP contribution in [0.3, 0.4) is 0 Å². The summed E-state index contributed by atoms with van der Waals surface area (Å²) in [6.07, 6.45) is 9.06. The molecule has 1 aliphatic rings. The molecule has 0 aromatic heterocycles. The number of carbonyl (C=O) groups excluding carboxylic acids is 1. The number of nitrogens with zero attached hydrogens (tertiary/aromatic N) is 1.